The van der Waals surface area contributed by atoms with Crippen molar-refractivity contribution in [2.24, 2.45) is 0 Å². The van der Waals surface area contributed by atoms with E-state index in [-0.39, 0.29) is 0 Å². The lowest BCUT2D eigenvalue weighted by Gasteiger charge is -2.18. The van der Waals surface area contributed by atoms with Crippen LogP contribution in [0.3, 0.4) is 0 Å². The molecule has 0 aliphatic heterocycles. The molecule has 0 spiro atoms. The zero-order chi connectivity index (χ0) is 27.6. The Kier molecular flexibility index (Phi) is 20.9. The van der Waals surface area contributed by atoms with Gasteiger partial charge in [0.05, 0.1) is 12.7 Å². The van der Waals surface area contributed by atoms with Crippen LogP contribution in [0.4, 0.5) is 0 Å². The van der Waals surface area contributed by atoms with Crippen molar-refractivity contribution in [1.29, 1.82) is 0 Å². The van der Waals surface area contributed by atoms with E-state index in [4.69, 9.17) is 18.3 Å². The van der Waals surface area contributed by atoms with Crippen LogP contribution >= 0.6 is 8.60 Å². The van der Waals surface area contributed by atoms with E-state index < -0.39 is 8.60 Å². The van der Waals surface area contributed by atoms with Crippen molar-refractivity contribution < 1.29 is 18.3 Å². The van der Waals surface area contributed by atoms with E-state index in [2.05, 4.69) is 13.8 Å². The molecule has 4 nitrogen and oxygen atoms in total. The Hall–Kier alpha value is -1.61. The first-order valence-electron chi connectivity index (χ1n) is 15.8. The maximum atomic E-state index is 6.27. The van der Waals surface area contributed by atoms with Gasteiger partial charge in [0, 0.05) is 6.61 Å². The summed E-state index contributed by atoms with van der Waals surface area (Å²) < 4.78 is 24.3. The lowest BCUT2D eigenvalue weighted by atomic mass is 10.0. The fourth-order valence-electron chi connectivity index (χ4n) is 4.65. The summed E-state index contributed by atoms with van der Waals surface area (Å²) in [5, 5.41) is 0. The number of para-hydroxylation sites is 2. The van der Waals surface area contributed by atoms with Gasteiger partial charge in [0.25, 0.3) is 0 Å². The normalized spacial score (nSPS) is 12.1. The molecule has 0 heterocycles. The third-order valence-corrected chi connectivity index (χ3v) is 8.04. The third kappa shape index (κ3) is 18.4. The molecule has 1 atom stereocenters. The standard InChI is InChI=1S/C34H55O4P/c1-3-5-6-7-8-9-10-13-22-30-35-32(24-4-2)25-17-12-11-14-23-31-36-39(37-33-26-18-15-19-27-33)38-34-28-20-16-21-29-34/h15-16,18-21,26-29,32H,3-14,17,22-25,30-31H2,1-2H3. The first kappa shape index (κ1) is 33.6. The van der Waals surface area contributed by atoms with E-state index in [9.17, 15) is 0 Å². The number of ether oxygens (including phenoxy) is 1. The summed E-state index contributed by atoms with van der Waals surface area (Å²) in [5.41, 5.74) is 0. The second kappa shape index (κ2) is 24.2. The number of hydrogen-bond acceptors (Lipinski definition) is 4. The SMILES string of the molecule is CCCCCCCCCCCOC(CCC)CCCCCCCOP(Oc1ccccc1)Oc1ccccc1. The van der Waals surface area contributed by atoms with Crippen molar-refractivity contribution in [3.8, 4) is 11.5 Å². The van der Waals surface area contributed by atoms with Gasteiger partial charge < -0.3 is 13.8 Å². The first-order valence-corrected chi connectivity index (χ1v) is 16.9. The molecule has 0 saturated carbocycles. The van der Waals surface area contributed by atoms with Crippen molar-refractivity contribution in [3.63, 3.8) is 0 Å². The highest BCUT2D eigenvalue weighted by atomic mass is 31.2. The fraction of sp³-hybridized carbons (Fsp3) is 0.647. The van der Waals surface area contributed by atoms with Gasteiger partial charge in [-0.15, -0.1) is 0 Å². The molecule has 39 heavy (non-hydrogen) atoms. The maximum absolute atomic E-state index is 6.27. The van der Waals surface area contributed by atoms with Crippen LogP contribution in [-0.2, 0) is 9.26 Å². The van der Waals surface area contributed by atoms with Gasteiger partial charge in [0.1, 0.15) is 11.5 Å². The van der Waals surface area contributed by atoms with Crippen LogP contribution in [0, 0.1) is 0 Å². The van der Waals surface area contributed by atoms with E-state index in [1.807, 2.05) is 60.7 Å². The average Bonchev–Trinajstić information content (AvgIpc) is 2.96. The van der Waals surface area contributed by atoms with E-state index in [0.717, 1.165) is 30.9 Å². The average molecular weight is 559 g/mol. The van der Waals surface area contributed by atoms with Gasteiger partial charge in [-0.05, 0) is 49.9 Å². The van der Waals surface area contributed by atoms with Gasteiger partial charge in [-0.1, -0.05) is 134 Å². The van der Waals surface area contributed by atoms with Crippen molar-refractivity contribution in [2.75, 3.05) is 13.2 Å². The number of rotatable bonds is 26. The minimum atomic E-state index is -1.49. The Bertz CT molecular complexity index is 732. The summed E-state index contributed by atoms with van der Waals surface area (Å²) in [6.07, 6.45) is 22.3. The fourth-order valence-corrected chi connectivity index (χ4v) is 5.65. The first-order chi connectivity index (χ1) is 19.3. The summed E-state index contributed by atoms with van der Waals surface area (Å²) >= 11 is 0. The van der Waals surface area contributed by atoms with E-state index >= 15 is 0 Å². The second-order valence-corrected chi connectivity index (χ2v) is 11.6. The third-order valence-electron chi connectivity index (χ3n) is 6.93. The predicted octanol–water partition coefficient (Wildman–Crippen LogP) is 11.4. The Labute approximate surface area is 241 Å². The van der Waals surface area contributed by atoms with Gasteiger partial charge >= 0.3 is 8.60 Å². The molecular weight excluding hydrogens is 503 g/mol. The van der Waals surface area contributed by atoms with Crippen LogP contribution in [-0.4, -0.2) is 19.3 Å². The largest absolute Gasteiger partial charge is 0.463 e. The molecule has 0 aliphatic carbocycles. The summed E-state index contributed by atoms with van der Waals surface area (Å²) in [5.74, 6) is 1.53. The molecule has 0 aromatic heterocycles. The molecule has 0 fully saturated rings. The van der Waals surface area contributed by atoms with Crippen LogP contribution in [0.25, 0.3) is 0 Å². The zero-order valence-electron chi connectivity index (χ0n) is 24.9. The van der Waals surface area contributed by atoms with Crippen molar-refractivity contribution in [2.45, 2.75) is 129 Å². The predicted molar refractivity (Wildman–Crippen MR) is 167 cm³/mol. The molecule has 2 rings (SSSR count). The molecule has 5 heteroatoms. The summed E-state index contributed by atoms with van der Waals surface area (Å²) in [7, 11) is -1.49. The molecule has 0 bridgehead atoms. The van der Waals surface area contributed by atoms with Gasteiger partial charge in [-0.2, -0.15) is 0 Å². The Balaban J connectivity index is 1.51. The highest BCUT2D eigenvalue weighted by Gasteiger charge is 2.17. The topological polar surface area (TPSA) is 36.9 Å². The van der Waals surface area contributed by atoms with Gasteiger partial charge in [-0.3, -0.25) is 4.52 Å². The zero-order valence-corrected chi connectivity index (χ0v) is 25.8. The Morgan fingerprint density at radius 3 is 1.54 bits per heavy atom. The highest BCUT2D eigenvalue weighted by Crippen LogP contribution is 2.41. The summed E-state index contributed by atoms with van der Waals surface area (Å²) in [6, 6.07) is 19.5. The Morgan fingerprint density at radius 2 is 1.00 bits per heavy atom. The van der Waals surface area contributed by atoms with Crippen LogP contribution in [0.5, 0.6) is 11.5 Å². The quantitative estimate of drug-likeness (QED) is 0.0850. The molecule has 0 radical (unpaired) electrons. The van der Waals surface area contributed by atoms with Crippen LogP contribution in [0.1, 0.15) is 123 Å². The van der Waals surface area contributed by atoms with Gasteiger partial charge in [0.2, 0.25) is 0 Å². The molecule has 2 aromatic carbocycles. The van der Waals surface area contributed by atoms with E-state index in [0.29, 0.717) is 12.7 Å². The molecule has 0 N–H and O–H groups in total. The van der Waals surface area contributed by atoms with Crippen LogP contribution in [0.2, 0.25) is 0 Å². The minimum absolute atomic E-state index is 0.446. The second-order valence-electron chi connectivity index (χ2n) is 10.5. The molecular formula is C34H55O4P. The molecule has 0 saturated heterocycles. The Morgan fingerprint density at radius 1 is 0.513 bits per heavy atom. The van der Waals surface area contributed by atoms with E-state index in [1.165, 1.54) is 96.3 Å². The van der Waals surface area contributed by atoms with E-state index in [1.54, 1.807) is 0 Å². The molecule has 0 aliphatic rings. The minimum Gasteiger partial charge on any atom is -0.418 e. The number of unbranched alkanes of at least 4 members (excludes halogenated alkanes) is 12. The molecule has 0 amide bonds. The molecule has 1 unspecified atom stereocenters. The monoisotopic (exact) mass is 558 g/mol. The number of benzene rings is 2. The summed E-state index contributed by atoms with van der Waals surface area (Å²) in [4.78, 5) is 0. The van der Waals surface area contributed by atoms with Crippen molar-refractivity contribution in [1.82, 2.24) is 0 Å². The maximum Gasteiger partial charge on any atom is 0.463 e. The smallest absolute Gasteiger partial charge is 0.418 e. The molecule has 2 aromatic rings. The van der Waals surface area contributed by atoms with Gasteiger partial charge in [0.15, 0.2) is 0 Å². The van der Waals surface area contributed by atoms with Crippen molar-refractivity contribution >= 4 is 8.60 Å². The molecule has 220 valence electrons. The van der Waals surface area contributed by atoms with Gasteiger partial charge in [-0.25, -0.2) is 0 Å². The lowest BCUT2D eigenvalue weighted by Crippen LogP contribution is -2.13. The summed E-state index contributed by atoms with van der Waals surface area (Å²) in [6.45, 7) is 6.14. The highest BCUT2D eigenvalue weighted by molar-refractivity contribution is 7.42. The lowest BCUT2D eigenvalue weighted by molar-refractivity contribution is 0.0369. The number of hydrogen-bond donors (Lipinski definition) is 0. The van der Waals surface area contributed by atoms with Crippen LogP contribution < -0.4 is 9.05 Å². The van der Waals surface area contributed by atoms with Crippen molar-refractivity contribution in [3.05, 3.63) is 60.7 Å². The van der Waals surface area contributed by atoms with Crippen LogP contribution in [0.15, 0.2) is 60.7 Å².